The molecule has 1 unspecified atom stereocenters. The Balaban J connectivity index is 1.81. The number of morpholine rings is 1. The molecule has 2 rings (SSSR count). The SMILES string of the molecule is O=C(O)CC1COCCN1C(=O)CSCc1ccccc1. The number of carboxylic acids is 1. The smallest absolute Gasteiger partial charge is 0.305 e. The van der Waals surface area contributed by atoms with Gasteiger partial charge in [0.15, 0.2) is 0 Å². The number of hydrogen-bond donors (Lipinski definition) is 1. The Morgan fingerprint density at radius 1 is 1.33 bits per heavy atom. The average molecular weight is 309 g/mol. The molecule has 1 N–H and O–H groups in total. The molecule has 1 atom stereocenters. The quantitative estimate of drug-likeness (QED) is 0.865. The largest absolute Gasteiger partial charge is 0.481 e. The number of carboxylic acid groups (broad SMARTS) is 1. The Bertz CT molecular complexity index is 480. The zero-order chi connectivity index (χ0) is 15.1. The first kappa shape index (κ1) is 15.9. The van der Waals surface area contributed by atoms with Gasteiger partial charge in [-0.3, -0.25) is 9.59 Å². The van der Waals surface area contributed by atoms with Crippen LogP contribution in [0.4, 0.5) is 0 Å². The van der Waals surface area contributed by atoms with E-state index in [1.54, 1.807) is 16.7 Å². The lowest BCUT2D eigenvalue weighted by Gasteiger charge is -2.34. The van der Waals surface area contributed by atoms with Gasteiger partial charge in [0.05, 0.1) is 31.4 Å². The molecule has 6 heteroatoms. The van der Waals surface area contributed by atoms with Crippen molar-refractivity contribution in [3.05, 3.63) is 35.9 Å². The van der Waals surface area contributed by atoms with E-state index in [1.165, 1.54) is 5.56 Å². The Kier molecular flexibility index (Phi) is 6.07. The summed E-state index contributed by atoms with van der Waals surface area (Å²) >= 11 is 1.55. The Labute approximate surface area is 128 Å². The molecule has 1 aliphatic rings. The minimum absolute atomic E-state index is 0.00881. The zero-order valence-electron chi connectivity index (χ0n) is 11.7. The van der Waals surface area contributed by atoms with Gasteiger partial charge >= 0.3 is 5.97 Å². The third-order valence-corrected chi connectivity index (χ3v) is 4.28. The lowest BCUT2D eigenvalue weighted by Crippen LogP contribution is -2.50. The molecule has 0 radical (unpaired) electrons. The number of nitrogens with zero attached hydrogens (tertiary/aromatic N) is 1. The van der Waals surface area contributed by atoms with Gasteiger partial charge in [0.1, 0.15) is 0 Å². The highest BCUT2D eigenvalue weighted by Gasteiger charge is 2.28. The molecule has 0 aliphatic carbocycles. The summed E-state index contributed by atoms with van der Waals surface area (Å²) in [6.45, 7) is 1.26. The second kappa shape index (κ2) is 8.05. The maximum atomic E-state index is 12.2. The third kappa shape index (κ3) is 5.06. The molecule has 1 aromatic rings. The fourth-order valence-corrected chi connectivity index (χ4v) is 3.14. The molecular weight excluding hydrogens is 290 g/mol. The fourth-order valence-electron chi connectivity index (χ4n) is 2.27. The first-order valence-corrected chi connectivity index (χ1v) is 8.03. The molecule has 0 saturated carbocycles. The topological polar surface area (TPSA) is 66.8 Å². The summed E-state index contributed by atoms with van der Waals surface area (Å²) in [7, 11) is 0. The van der Waals surface area contributed by atoms with Gasteiger partial charge in [-0.05, 0) is 5.56 Å². The van der Waals surface area contributed by atoms with E-state index in [0.717, 1.165) is 5.75 Å². The molecule has 0 bridgehead atoms. The van der Waals surface area contributed by atoms with E-state index < -0.39 is 5.97 Å². The van der Waals surface area contributed by atoms with Crippen molar-refractivity contribution in [2.45, 2.75) is 18.2 Å². The third-order valence-electron chi connectivity index (χ3n) is 3.30. The molecular formula is C15H19NO4S. The molecule has 5 nitrogen and oxygen atoms in total. The number of thioether (sulfide) groups is 1. The van der Waals surface area contributed by atoms with Crippen LogP contribution in [-0.2, 0) is 20.1 Å². The lowest BCUT2D eigenvalue weighted by molar-refractivity contribution is -0.144. The number of aliphatic carboxylic acids is 1. The van der Waals surface area contributed by atoms with Crippen LogP contribution in [-0.4, -0.2) is 53.4 Å². The normalized spacial score (nSPS) is 18.5. The van der Waals surface area contributed by atoms with E-state index >= 15 is 0 Å². The highest BCUT2D eigenvalue weighted by molar-refractivity contribution is 7.99. The zero-order valence-corrected chi connectivity index (χ0v) is 12.6. The van der Waals surface area contributed by atoms with E-state index in [0.29, 0.717) is 25.5 Å². The van der Waals surface area contributed by atoms with Crippen LogP contribution in [0.2, 0.25) is 0 Å². The molecule has 1 fully saturated rings. The van der Waals surface area contributed by atoms with Crippen molar-refractivity contribution in [1.29, 1.82) is 0 Å². The molecule has 0 spiro atoms. The highest BCUT2D eigenvalue weighted by Crippen LogP contribution is 2.16. The number of carbonyl (C=O) groups excluding carboxylic acids is 1. The van der Waals surface area contributed by atoms with E-state index in [1.807, 2.05) is 30.3 Å². The molecule has 114 valence electrons. The number of amides is 1. The van der Waals surface area contributed by atoms with Gasteiger partial charge in [0.2, 0.25) is 5.91 Å². The molecule has 1 saturated heterocycles. The predicted molar refractivity (Wildman–Crippen MR) is 81.2 cm³/mol. The maximum absolute atomic E-state index is 12.2. The summed E-state index contributed by atoms with van der Waals surface area (Å²) < 4.78 is 5.27. The van der Waals surface area contributed by atoms with E-state index in [2.05, 4.69) is 0 Å². The van der Waals surface area contributed by atoms with Crippen molar-refractivity contribution < 1.29 is 19.4 Å². The van der Waals surface area contributed by atoms with Crippen molar-refractivity contribution in [1.82, 2.24) is 4.90 Å². The summed E-state index contributed by atoms with van der Waals surface area (Å²) in [6.07, 6.45) is -0.0604. The van der Waals surface area contributed by atoms with Crippen LogP contribution in [0.1, 0.15) is 12.0 Å². The van der Waals surface area contributed by atoms with Gasteiger partial charge in [-0.1, -0.05) is 30.3 Å². The van der Waals surface area contributed by atoms with Crippen LogP contribution >= 0.6 is 11.8 Å². The van der Waals surface area contributed by atoms with Gasteiger partial charge in [-0.15, -0.1) is 11.8 Å². The van der Waals surface area contributed by atoms with Crippen LogP contribution in [0.25, 0.3) is 0 Å². The Morgan fingerprint density at radius 3 is 2.81 bits per heavy atom. The molecule has 0 aromatic heterocycles. The second-order valence-electron chi connectivity index (χ2n) is 4.89. The number of hydrogen-bond acceptors (Lipinski definition) is 4. The average Bonchev–Trinajstić information content (AvgIpc) is 2.48. The Hall–Kier alpha value is -1.53. The monoisotopic (exact) mass is 309 g/mol. The standard InChI is InChI=1S/C15H19NO4S/c17-14(11-21-10-12-4-2-1-3-5-12)16-6-7-20-9-13(16)8-15(18)19/h1-5,13H,6-11H2,(H,18,19). The van der Waals surface area contributed by atoms with Gasteiger partial charge in [0.25, 0.3) is 0 Å². The Morgan fingerprint density at radius 2 is 2.10 bits per heavy atom. The van der Waals surface area contributed by atoms with Gasteiger partial charge in [-0.2, -0.15) is 0 Å². The predicted octanol–water partition coefficient (Wildman–Crippen LogP) is 1.62. The van der Waals surface area contributed by atoms with Crippen LogP contribution in [0.5, 0.6) is 0 Å². The van der Waals surface area contributed by atoms with E-state index in [4.69, 9.17) is 9.84 Å². The van der Waals surface area contributed by atoms with Crippen molar-refractivity contribution in [2.24, 2.45) is 0 Å². The second-order valence-corrected chi connectivity index (χ2v) is 5.88. The lowest BCUT2D eigenvalue weighted by atomic mass is 10.1. The molecule has 1 heterocycles. The van der Waals surface area contributed by atoms with Crippen molar-refractivity contribution in [3.8, 4) is 0 Å². The first-order valence-electron chi connectivity index (χ1n) is 6.87. The van der Waals surface area contributed by atoms with Crippen molar-refractivity contribution in [3.63, 3.8) is 0 Å². The number of ether oxygens (including phenoxy) is 1. The van der Waals surface area contributed by atoms with Crippen LogP contribution in [0.15, 0.2) is 30.3 Å². The van der Waals surface area contributed by atoms with Gasteiger partial charge in [0, 0.05) is 12.3 Å². The molecule has 1 amide bonds. The summed E-state index contributed by atoms with van der Waals surface area (Å²) in [4.78, 5) is 24.7. The fraction of sp³-hybridized carbons (Fsp3) is 0.467. The number of carbonyl (C=O) groups is 2. The summed E-state index contributed by atoms with van der Waals surface area (Å²) in [5.74, 6) is 0.233. The minimum Gasteiger partial charge on any atom is -0.481 e. The molecule has 1 aliphatic heterocycles. The number of benzene rings is 1. The van der Waals surface area contributed by atoms with Gasteiger partial charge < -0.3 is 14.7 Å². The van der Waals surface area contributed by atoms with Gasteiger partial charge in [-0.25, -0.2) is 0 Å². The van der Waals surface area contributed by atoms with E-state index in [-0.39, 0.29) is 18.4 Å². The molecule has 21 heavy (non-hydrogen) atoms. The van der Waals surface area contributed by atoms with Crippen LogP contribution < -0.4 is 0 Å². The maximum Gasteiger partial charge on any atom is 0.305 e. The number of rotatable bonds is 6. The van der Waals surface area contributed by atoms with Crippen LogP contribution in [0.3, 0.4) is 0 Å². The van der Waals surface area contributed by atoms with Crippen molar-refractivity contribution in [2.75, 3.05) is 25.5 Å². The first-order chi connectivity index (χ1) is 10.2. The van der Waals surface area contributed by atoms with Crippen LogP contribution in [0, 0.1) is 0 Å². The molecule has 1 aromatic carbocycles. The summed E-state index contributed by atoms with van der Waals surface area (Å²) in [5, 5.41) is 8.89. The highest BCUT2D eigenvalue weighted by atomic mass is 32.2. The van der Waals surface area contributed by atoms with Crippen molar-refractivity contribution >= 4 is 23.6 Å². The summed E-state index contributed by atoms with van der Waals surface area (Å²) in [6, 6.07) is 9.62. The van der Waals surface area contributed by atoms with E-state index in [9.17, 15) is 9.59 Å². The summed E-state index contributed by atoms with van der Waals surface area (Å²) in [5.41, 5.74) is 1.18. The minimum atomic E-state index is -0.903.